The first-order valence-corrected chi connectivity index (χ1v) is 8.34. The second kappa shape index (κ2) is 7.14. The Morgan fingerprint density at radius 3 is 2.37 bits per heavy atom. The van der Waals surface area contributed by atoms with E-state index in [0.717, 1.165) is 17.7 Å². The molecule has 11 heteroatoms. The number of alkyl halides is 3. The molecule has 1 aromatic heterocycles. The van der Waals surface area contributed by atoms with Crippen molar-refractivity contribution in [1.82, 2.24) is 19.7 Å². The lowest BCUT2D eigenvalue weighted by Gasteiger charge is -2.35. The zero-order chi connectivity index (χ0) is 19.8. The summed E-state index contributed by atoms with van der Waals surface area (Å²) in [4.78, 5) is 14.4. The second-order valence-corrected chi connectivity index (χ2v) is 6.44. The zero-order valence-electron chi connectivity index (χ0n) is 14.9. The molecule has 0 saturated carbocycles. The van der Waals surface area contributed by atoms with Gasteiger partial charge in [-0.2, -0.15) is 13.2 Å². The topological polar surface area (TPSA) is 80.3 Å². The van der Waals surface area contributed by atoms with Gasteiger partial charge >= 0.3 is 6.18 Å². The summed E-state index contributed by atoms with van der Waals surface area (Å²) in [6.45, 7) is 4.64. The molecule has 3 rings (SSSR count). The van der Waals surface area contributed by atoms with Gasteiger partial charge in [-0.05, 0) is 19.1 Å². The Balaban J connectivity index is 1.72. The molecule has 146 valence electrons. The van der Waals surface area contributed by atoms with E-state index in [2.05, 4.69) is 15.1 Å². The average Bonchev–Trinajstić information content (AvgIpc) is 2.93. The van der Waals surface area contributed by atoms with E-state index in [9.17, 15) is 23.3 Å². The first kappa shape index (κ1) is 19.1. The molecule has 0 aliphatic carbocycles. The van der Waals surface area contributed by atoms with Gasteiger partial charge < -0.3 is 9.47 Å². The van der Waals surface area contributed by atoms with E-state index in [1.807, 2.05) is 18.5 Å². The maximum Gasteiger partial charge on any atom is 0.416 e. The first-order valence-electron chi connectivity index (χ1n) is 8.34. The van der Waals surface area contributed by atoms with E-state index in [0.29, 0.717) is 38.8 Å². The fourth-order valence-electron chi connectivity index (χ4n) is 3.05. The third-order valence-electron chi connectivity index (χ3n) is 4.76. The van der Waals surface area contributed by atoms with Crippen molar-refractivity contribution >= 4 is 11.4 Å². The van der Waals surface area contributed by atoms with Crippen molar-refractivity contribution in [2.24, 2.45) is 7.05 Å². The summed E-state index contributed by atoms with van der Waals surface area (Å²) in [7, 11) is 1.88. The van der Waals surface area contributed by atoms with Crippen LogP contribution in [0.4, 0.5) is 24.5 Å². The number of nitro benzene ring substituents is 1. The molecule has 27 heavy (non-hydrogen) atoms. The Morgan fingerprint density at radius 1 is 1.19 bits per heavy atom. The van der Waals surface area contributed by atoms with E-state index in [-0.39, 0.29) is 5.69 Å². The summed E-state index contributed by atoms with van der Waals surface area (Å²) in [5, 5.41) is 19.4. The van der Waals surface area contributed by atoms with E-state index >= 15 is 0 Å². The Hall–Kier alpha value is -2.69. The molecule has 0 atom stereocenters. The summed E-state index contributed by atoms with van der Waals surface area (Å²) in [5.41, 5.74) is -1.33. The second-order valence-electron chi connectivity index (χ2n) is 6.44. The summed E-state index contributed by atoms with van der Waals surface area (Å²) >= 11 is 0. The normalized spacial score (nSPS) is 16.0. The summed E-state index contributed by atoms with van der Waals surface area (Å²) < 4.78 is 40.4. The number of benzene rings is 1. The Kier molecular flexibility index (Phi) is 5.05. The van der Waals surface area contributed by atoms with Crippen molar-refractivity contribution < 1.29 is 18.1 Å². The number of aryl methyl sites for hydroxylation is 1. The van der Waals surface area contributed by atoms with Crippen LogP contribution in [0.3, 0.4) is 0 Å². The molecule has 1 aliphatic heterocycles. The predicted molar refractivity (Wildman–Crippen MR) is 91.3 cm³/mol. The van der Waals surface area contributed by atoms with Crippen LogP contribution in [0, 0.1) is 17.0 Å². The number of nitro groups is 1. The SMILES string of the molecule is Cc1nnc(CN2CCN(c3ccc(C(F)(F)F)cc3[N+](=O)[O-])CC2)n1C. The Labute approximate surface area is 153 Å². The van der Waals surface area contributed by atoms with Crippen LogP contribution in [-0.4, -0.2) is 50.8 Å². The van der Waals surface area contributed by atoms with Crippen LogP contribution < -0.4 is 4.90 Å². The number of piperazine rings is 1. The van der Waals surface area contributed by atoms with Gasteiger partial charge in [0, 0.05) is 39.3 Å². The van der Waals surface area contributed by atoms with Gasteiger partial charge in [0.1, 0.15) is 17.3 Å². The molecule has 1 aromatic carbocycles. The van der Waals surface area contributed by atoms with Crippen LogP contribution in [0.1, 0.15) is 17.2 Å². The minimum Gasteiger partial charge on any atom is -0.363 e. The van der Waals surface area contributed by atoms with Gasteiger partial charge in [-0.15, -0.1) is 10.2 Å². The maximum atomic E-state index is 12.8. The highest BCUT2D eigenvalue weighted by atomic mass is 19.4. The number of rotatable bonds is 4. The molecule has 0 amide bonds. The third-order valence-corrected chi connectivity index (χ3v) is 4.76. The fourth-order valence-corrected chi connectivity index (χ4v) is 3.05. The van der Waals surface area contributed by atoms with Gasteiger partial charge in [-0.25, -0.2) is 0 Å². The van der Waals surface area contributed by atoms with Crippen molar-refractivity contribution in [2.75, 3.05) is 31.1 Å². The van der Waals surface area contributed by atoms with Gasteiger partial charge in [0.15, 0.2) is 0 Å². The molecular formula is C16H19F3N6O2. The number of aromatic nitrogens is 3. The Morgan fingerprint density at radius 2 is 1.85 bits per heavy atom. The zero-order valence-corrected chi connectivity index (χ0v) is 14.9. The standard InChI is InChI=1S/C16H19F3N6O2/c1-11-20-21-15(22(11)2)10-23-5-7-24(8-6-23)13-4-3-12(16(17,18)19)9-14(13)25(26)27/h3-4,9H,5-8,10H2,1-2H3. The van der Waals surface area contributed by atoms with Crippen molar-refractivity contribution in [2.45, 2.75) is 19.6 Å². The van der Waals surface area contributed by atoms with Crippen LogP contribution in [0.25, 0.3) is 0 Å². The lowest BCUT2D eigenvalue weighted by atomic mass is 10.1. The number of hydrogen-bond donors (Lipinski definition) is 0. The highest BCUT2D eigenvalue weighted by Crippen LogP contribution is 2.36. The molecule has 2 aromatic rings. The molecule has 0 N–H and O–H groups in total. The predicted octanol–water partition coefficient (Wildman–Crippen LogP) is 2.37. The van der Waals surface area contributed by atoms with Gasteiger partial charge in [-0.3, -0.25) is 15.0 Å². The number of anilines is 1. The van der Waals surface area contributed by atoms with Crippen molar-refractivity contribution in [3.8, 4) is 0 Å². The molecule has 0 radical (unpaired) electrons. The molecule has 8 nitrogen and oxygen atoms in total. The molecule has 1 aliphatic rings. The number of hydrogen-bond acceptors (Lipinski definition) is 6. The number of halogens is 3. The third kappa shape index (κ3) is 4.02. The first-order chi connectivity index (χ1) is 12.7. The lowest BCUT2D eigenvalue weighted by molar-refractivity contribution is -0.384. The van der Waals surface area contributed by atoms with Crippen LogP contribution in [0.5, 0.6) is 0 Å². The molecular weight excluding hydrogens is 365 g/mol. The van der Waals surface area contributed by atoms with Crippen molar-refractivity contribution in [1.29, 1.82) is 0 Å². The summed E-state index contributed by atoms with van der Waals surface area (Å²) in [5.74, 6) is 1.63. The molecule has 2 heterocycles. The van der Waals surface area contributed by atoms with Gasteiger partial charge in [0.05, 0.1) is 17.0 Å². The minimum atomic E-state index is -4.61. The minimum absolute atomic E-state index is 0.210. The highest BCUT2D eigenvalue weighted by Gasteiger charge is 2.34. The largest absolute Gasteiger partial charge is 0.416 e. The quantitative estimate of drug-likeness (QED) is 0.595. The van der Waals surface area contributed by atoms with Crippen LogP contribution in [0.15, 0.2) is 18.2 Å². The molecule has 1 saturated heterocycles. The van der Waals surface area contributed by atoms with Gasteiger partial charge in [-0.1, -0.05) is 0 Å². The molecule has 1 fully saturated rings. The van der Waals surface area contributed by atoms with Crippen LogP contribution in [-0.2, 0) is 19.8 Å². The van der Waals surface area contributed by atoms with E-state index in [4.69, 9.17) is 0 Å². The number of nitrogens with zero attached hydrogens (tertiary/aromatic N) is 6. The fraction of sp³-hybridized carbons (Fsp3) is 0.500. The van der Waals surface area contributed by atoms with E-state index in [1.54, 1.807) is 4.90 Å². The smallest absolute Gasteiger partial charge is 0.363 e. The molecule has 0 bridgehead atoms. The van der Waals surface area contributed by atoms with Crippen LogP contribution >= 0.6 is 0 Å². The van der Waals surface area contributed by atoms with Gasteiger partial charge in [0.2, 0.25) is 0 Å². The summed E-state index contributed by atoms with van der Waals surface area (Å²) in [6.07, 6.45) is -4.61. The lowest BCUT2D eigenvalue weighted by Crippen LogP contribution is -2.46. The van der Waals surface area contributed by atoms with E-state index < -0.39 is 22.4 Å². The monoisotopic (exact) mass is 384 g/mol. The average molecular weight is 384 g/mol. The van der Waals surface area contributed by atoms with Crippen molar-refractivity contribution in [3.63, 3.8) is 0 Å². The molecule has 0 spiro atoms. The van der Waals surface area contributed by atoms with Gasteiger partial charge in [0.25, 0.3) is 5.69 Å². The Bertz CT molecular complexity index is 843. The van der Waals surface area contributed by atoms with Crippen molar-refractivity contribution in [3.05, 3.63) is 45.5 Å². The maximum absolute atomic E-state index is 12.8. The van der Waals surface area contributed by atoms with E-state index in [1.165, 1.54) is 6.07 Å². The molecule has 0 unspecified atom stereocenters. The highest BCUT2D eigenvalue weighted by molar-refractivity contribution is 5.65. The summed E-state index contributed by atoms with van der Waals surface area (Å²) in [6, 6.07) is 2.67. The van der Waals surface area contributed by atoms with Crippen LogP contribution in [0.2, 0.25) is 0 Å².